The van der Waals surface area contributed by atoms with Gasteiger partial charge >= 0.3 is 6.03 Å². The van der Waals surface area contributed by atoms with Gasteiger partial charge in [-0.05, 0) is 5.56 Å². The largest absolute Gasteiger partial charge is 0.372 e. The SMILES string of the molecule is O=C(n1cncn1)n1nc(-c2ccccc2)nc1Cc1ccccc1. The molecule has 0 aliphatic rings. The number of carbonyl (C=O) groups is 1. The Balaban J connectivity index is 1.77. The van der Waals surface area contributed by atoms with Crippen LogP contribution in [0.5, 0.6) is 0 Å². The van der Waals surface area contributed by atoms with Crippen molar-refractivity contribution in [3.63, 3.8) is 0 Å². The summed E-state index contributed by atoms with van der Waals surface area (Å²) in [6.07, 6.45) is 3.14. The van der Waals surface area contributed by atoms with Crippen LogP contribution >= 0.6 is 0 Å². The lowest BCUT2D eigenvalue weighted by atomic mass is 10.1. The van der Waals surface area contributed by atoms with E-state index in [4.69, 9.17) is 0 Å². The lowest BCUT2D eigenvalue weighted by Gasteiger charge is -2.03. The number of hydrogen-bond donors (Lipinski definition) is 0. The molecule has 0 fully saturated rings. The standard InChI is InChI=1S/C18H14N6O/c25-18(23-13-19-12-20-23)24-16(11-14-7-3-1-4-8-14)21-17(22-24)15-9-5-2-6-10-15/h1-10,12-13H,11H2. The molecule has 4 rings (SSSR count). The molecular formula is C18H14N6O. The molecule has 0 saturated carbocycles. The molecule has 25 heavy (non-hydrogen) atoms. The average Bonchev–Trinajstić information content (AvgIpc) is 3.33. The Morgan fingerprint density at radius 1 is 0.960 bits per heavy atom. The van der Waals surface area contributed by atoms with E-state index < -0.39 is 6.03 Å². The summed E-state index contributed by atoms with van der Waals surface area (Å²) in [5.41, 5.74) is 1.89. The summed E-state index contributed by atoms with van der Waals surface area (Å²) in [5.74, 6) is 1.05. The van der Waals surface area contributed by atoms with E-state index in [1.807, 2.05) is 60.7 Å². The van der Waals surface area contributed by atoms with E-state index >= 15 is 0 Å². The normalized spacial score (nSPS) is 10.7. The minimum absolute atomic E-state index is 0.418. The van der Waals surface area contributed by atoms with Crippen LogP contribution < -0.4 is 0 Å². The van der Waals surface area contributed by atoms with Gasteiger partial charge in [-0.3, -0.25) is 0 Å². The van der Waals surface area contributed by atoms with Crippen molar-refractivity contribution in [3.05, 3.63) is 84.7 Å². The summed E-state index contributed by atoms with van der Waals surface area (Å²) in [7, 11) is 0. The molecule has 0 N–H and O–H groups in total. The molecule has 2 aromatic heterocycles. The monoisotopic (exact) mass is 330 g/mol. The Morgan fingerprint density at radius 3 is 2.36 bits per heavy atom. The quantitative estimate of drug-likeness (QED) is 0.577. The van der Waals surface area contributed by atoms with Crippen molar-refractivity contribution in [2.75, 3.05) is 0 Å². The first-order valence-corrected chi connectivity index (χ1v) is 7.76. The maximum atomic E-state index is 12.7. The van der Waals surface area contributed by atoms with Crippen LogP contribution in [-0.2, 0) is 6.42 Å². The highest BCUT2D eigenvalue weighted by molar-refractivity contribution is 5.78. The summed E-state index contributed by atoms with van der Waals surface area (Å²) in [6.45, 7) is 0. The molecule has 0 unspecified atom stereocenters. The molecule has 0 aliphatic carbocycles. The van der Waals surface area contributed by atoms with Crippen molar-refractivity contribution in [1.29, 1.82) is 0 Å². The summed E-state index contributed by atoms with van der Waals surface area (Å²) >= 11 is 0. The van der Waals surface area contributed by atoms with E-state index in [2.05, 4.69) is 20.2 Å². The van der Waals surface area contributed by atoms with Gasteiger partial charge in [0, 0.05) is 12.0 Å². The Kier molecular flexibility index (Phi) is 3.88. The van der Waals surface area contributed by atoms with E-state index in [9.17, 15) is 4.79 Å². The zero-order valence-corrected chi connectivity index (χ0v) is 13.2. The predicted octanol–water partition coefficient (Wildman–Crippen LogP) is 2.64. The molecule has 2 aromatic carbocycles. The van der Waals surface area contributed by atoms with Gasteiger partial charge in [-0.2, -0.15) is 14.5 Å². The molecule has 0 spiro atoms. The highest BCUT2D eigenvalue weighted by atomic mass is 16.2. The van der Waals surface area contributed by atoms with Crippen LogP contribution in [0.3, 0.4) is 0 Å². The van der Waals surface area contributed by atoms with Crippen molar-refractivity contribution >= 4 is 6.03 Å². The number of carbonyl (C=O) groups excluding carboxylic acids is 1. The Hall–Kier alpha value is -3.61. The van der Waals surface area contributed by atoms with Crippen molar-refractivity contribution in [1.82, 2.24) is 29.5 Å². The van der Waals surface area contributed by atoms with Gasteiger partial charge in [0.25, 0.3) is 0 Å². The maximum absolute atomic E-state index is 12.7. The second kappa shape index (κ2) is 6.48. The van der Waals surface area contributed by atoms with Crippen LogP contribution in [0.1, 0.15) is 11.4 Å². The number of nitrogens with zero attached hydrogens (tertiary/aromatic N) is 6. The summed E-state index contributed by atoms with van der Waals surface area (Å²) in [6, 6.07) is 19.0. The van der Waals surface area contributed by atoms with Crippen molar-refractivity contribution < 1.29 is 4.79 Å². The zero-order chi connectivity index (χ0) is 17.1. The lowest BCUT2D eigenvalue weighted by Crippen LogP contribution is -2.23. The van der Waals surface area contributed by atoms with Crippen molar-refractivity contribution in [3.8, 4) is 11.4 Å². The van der Waals surface area contributed by atoms with E-state index in [1.165, 1.54) is 17.3 Å². The molecule has 7 nitrogen and oxygen atoms in total. The third kappa shape index (κ3) is 3.07. The van der Waals surface area contributed by atoms with Gasteiger partial charge in [0.1, 0.15) is 18.5 Å². The summed E-state index contributed by atoms with van der Waals surface area (Å²) in [4.78, 5) is 21.1. The van der Waals surface area contributed by atoms with Gasteiger partial charge in [0.05, 0.1) is 0 Å². The third-order valence-electron chi connectivity index (χ3n) is 3.71. The van der Waals surface area contributed by atoms with Gasteiger partial charge in [-0.1, -0.05) is 60.7 Å². The van der Waals surface area contributed by atoms with E-state index in [0.29, 0.717) is 18.1 Å². The molecule has 2 heterocycles. The van der Waals surface area contributed by atoms with Crippen LogP contribution in [0.4, 0.5) is 4.79 Å². The smallest absolute Gasteiger partial charge is 0.243 e. The topological polar surface area (TPSA) is 78.5 Å². The van der Waals surface area contributed by atoms with Gasteiger partial charge in [0.15, 0.2) is 5.82 Å². The maximum Gasteiger partial charge on any atom is 0.372 e. The molecule has 0 saturated heterocycles. The molecule has 122 valence electrons. The van der Waals surface area contributed by atoms with Gasteiger partial charge in [-0.25, -0.2) is 14.8 Å². The fourth-order valence-corrected chi connectivity index (χ4v) is 2.50. The Morgan fingerprint density at radius 2 is 1.68 bits per heavy atom. The lowest BCUT2D eigenvalue weighted by molar-refractivity contribution is 0.237. The van der Waals surface area contributed by atoms with Gasteiger partial charge in [0.2, 0.25) is 0 Å². The van der Waals surface area contributed by atoms with E-state index in [1.54, 1.807) is 0 Å². The number of aromatic nitrogens is 6. The molecule has 0 bridgehead atoms. The third-order valence-corrected chi connectivity index (χ3v) is 3.71. The fraction of sp³-hybridized carbons (Fsp3) is 0.0556. The van der Waals surface area contributed by atoms with Crippen LogP contribution in [0.15, 0.2) is 73.3 Å². The average molecular weight is 330 g/mol. The Labute approximate surface area is 143 Å². The summed E-state index contributed by atoms with van der Waals surface area (Å²) < 4.78 is 2.42. The van der Waals surface area contributed by atoms with Crippen LogP contribution in [0.2, 0.25) is 0 Å². The Bertz CT molecular complexity index is 977. The molecule has 0 aliphatic heterocycles. The minimum Gasteiger partial charge on any atom is -0.243 e. The van der Waals surface area contributed by atoms with Crippen molar-refractivity contribution in [2.45, 2.75) is 6.42 Å². The number of benzene rings is 2. The van der Waals surface area contributed by atoms with E-state index in [0.717, 1.165) is 15.8 Å². The second-order valence-electron chi connectivity index (χ2n) is 5.41. The second-order valence-corrected chi connectivity index (χ2v) is 5.41. The van der Waals surface area contributed by atoms with Gasteiger partial charge in [-0.15, -0.1) is 5.10 Å². The highest BCUT2D eigenvalue weighted by Gasteiger charge is 2.19. The summed E-state index contributed by atoms with van der Waals surface area (Å²) in [5, 5.41) is 8.29. The predicted molar refractivity (Wildman–Crippen MR) is 90.9 cm³/mol. The highest BCUT2D eigenvalue weighted by Crippen LogP contribution is 2.17. The van der Waals surface area contributed by atoms with E-state index in [-0.39, 0.29) is 0 Å². The molecular weight excluding hydrogens is 316 g/mol. The van der Waals surface area contributed by atoms with Crippen LogP contribution in [-0.4, -0.2) is 35.6 Å². The molecule has 0 radical (unpaired) electrons. The molecule has 7 heteroatoms. The zero-order valence-electron chi connectivity index (χ0n) is 13.2. The fourth-order valence-electron chi connectivity index (χ4n) is 2.50. The molecule has 4 aromatic rings. The number of hydrogen-bond acceptors (Lipinski definition) is 5. The van der Waals surface area contributed by atoms with Crippen LogP contribution in [0.25, 0.3) is 11.4 Å². The van der Waals surface area contributed by atoms with Crippen molar-refractivity contribution in [2.24, 2.45) is 0 Å². The molecule has 0 amide bonds. The first kappa shape index (κ1) is 14.9. The minimum atomic E-state index is -0.418. The molecule has 0 atom stereocenters. The first-order valence-electron chi connectivity index (χ1n) is 7.76. The van der Waals surface area contributed by atoms with Crippen LogP contribution in [0, 0.1) is 0 Å². The van der Waals surface area contributed by atoms with Gasteiger partial charge < -0.3 is 0 Å². The number of rotatable bonds is 3. The first-order chi connectivity index (χ1) is 12.3.